The van der Waals surface area contributed by atoms with E-state index >= 15 is 0 Å². The third-order valence-electron chi connectivity index (χ3n) is 14.5. The summed E-state index contributed by atoms with van der Waals surface area (Å²) < 4.78 is 0. The topological polar surface area (TPSA) is 126 Å². The number of rotatable bonds is 56. The highest BCUT2D eigenvalue weighted by molar-refractivity contribution is 7.99. The van der Waals surface area contributed by atoms with E-state index in [1.807, 2.05) is 47.0 Å². The van der Waals surface area contributed by atoms with E-state index in [0.29, 0.717) is 78.0 Å². The number of carbonyl (C=O) groups is 4. The molecule has 4 atom stereocenters. The highest BCUT2D eigenvalue weighted by Gasteiger charge is 2.16. The largest absolute Gasteiger partial charge is 0.355 e. The van der Waals surface area contributed by atoms with Gasteiger partial charge in [-0.25, -0.2) is 0 Å². The van der Waals surface area contributed by atoms with E-state index in [4.69, 9.17) is 0 Å². The first-order valence-corrected chi connectivity index (χ1v) is 35.1. The van der Waals surface area contributed by atoms with Crippen molar-refractivity contribution in [2.75, 3.05) is 132 Å². The van der Waals surface area contributed by atoms with Crippen LogP contribution in [0.25, 0.3) is 0 Å². The molecule has 0 aliphatic carbocycles. The second-order valence-electron chi connectivity index (χ2n) is 21.1. The van der Waals surface area contributed by atoms with Crippen molar-refractivity contribution in [2.45, 2.75) is 197 Å². The SMILES string of the molecule is CCCCC(CC)CSCCNC(=O)CCN(CCCN(C)CCCN(CCC(=O)NCCSCC(CC)CCCC)CCC(=O)NCCSCC(CC)CCCC)CCC(=O)NCCSCC(CC)CCCC. The van der Waals surface area contributed by atoms with Crippen LogP contribution in [0.3, 0.4) is 0 Å². The summed E-state index contributed by atoms with van der Waals surface area (Å²) in [6.45, 7) is 27.0. The highest BCUT2D eigenvalue weighted by Crippen LogP contribution is 2.21. The van der Waals surface area contributed by atoms with Crippen molar-refractivity contribution in [3.63, 3.8) is 0 Å². The smallest absolute Gasteiger partial charge is 0.221 e. The zero-order valence-corrected chi connectivity index (χ0v) is 52.9. The predicted octanol–water partition coefficient (Wildman–Crippen LogP) is 12.1. The first-order valence-electron chi connectivity index (χ1n) is 30.5. The van der Waals surface area contributed by atoms with Gasteiger partial charge in [0.2, 0.25) is 23.6 Å². The lowest BCUT2D eigenvalue weighted by Crippen LogP contribution is -2.37. The molecule has 11 nitrogen and oxygen atoms in total. The van der Waals surface area contributed by atoms with E-state index in [0.717, 1.165) is 85.7 Å². The Morgan fingerprint density at radius 1 is 0.351 bits per heavy atom. The summed E-state index contributed by atoms with van der Waals surface area (Å²) in [5.74, 6) is 11.9. The summed E-state index contributed by atoms with van der Waals surface area (Å²) in [6, 6.07) is 0. The minimum atomic E-state index is 0.0885. The van der Waals surface area contributed by atoms with Crippen molar-refractivity contribution < 1.29 is 19.2 Å². The number of amides is 4. The first-order chi connectivity index (χ1) is 36.0. The lowest BCUT2D eigenvalue weighted by molar-refractivity contribution is -0.123. The van der Waals surface area contributed by atoms with E-state index in [1.165, 1.54) is 126 Å². The molecule has 15 heteroatoms. The average molecular weight is 1120 g/mol. The molecule has 0 aliphatic heterocycles. The van der Waals surface area contributed by atoms with Crippen LogP contribution in [0.15, 0.2) is 0 Å². The van der Waals surface area contributed by atoms with E-state index in [2.05, 4.69) is 98.4 Å². The molecule has 0 saturated heterocycles. The van der Waals surface area contributed by atoms with E-state index in [-0.39, 0.29) is 23.6 Å². The van der Waals surface area contributed by atoms with Gasteiger partial charge >= 0.3 is 0 Å². The molecule has 0 bridgehead atoms. The third kappa shape index (κ3) is 46.1. The quantitative estimate of drug-likeness (QED) is 0.0435. The molecule has 0 aromatic heterocycles. The van der Waals surface area contributed by atoms with Gasteiger partial charge in [-0.15, -0.1) is 0 Å². The zero-order chi connectivity index (χ0) is 54.7. The molecule has 0 aromatic rings. The molecule has 0 heterocycles. The van der Waals surface area contributed by atoms with Gasteiger partial charge in [0.1, 0.15) is 0 Å². The summed E-state index contributed by atoms with van der Waals surface area (Å²) >= 11 is 7.83. The lowest BCUT2D eigenvalue weighted by atomic mass is 10.0. The number of hydrogen-bond donors (Lipinski definition) is 4. The maximum absolute atomic E-state index is 13.0. The van der Waals surface area contributed by atoms with Gasteiger partial charge in [0.25, 0.3) is 0 Å². The standard InChI is InChI=1S/C59H119N7O4S4/c1-10-18-24-52(14-5)48-71-44-32-60-56(67)28-40-65(41-29-57(68)61-33-45-72-49-53(15-6)25-19-11-2)38-22-36-64(9)37-23-39-66(42-30-58(69)62-34-46-73-50-54(16-7)26-20-12-3)43-31-59(70)63-35-47-74-51-55(17-8)27-21-13-4/h52-55H,10-51H2,1-9H3,(H,60,67)(H,61,68)(H,62,69)(H,63,70). The second kappa shape index (κ2) is 54.1. The lowest BCUT2D eigenvalue weighted by Gasteiger charge is -2.25. The Bertz CT molecular complexity index is 1130. The average Bonchev–Trinajstić information content (AvgIpc) is 3.40. The van der Waals surface area contributed by atoms with Crippen LogP contribution < -0.4 is 21.3 Å². The number of nitrogens with zero attached hydrogens (tertiary/aromatic N) is 3. The maximum atomic E-state index is 13.0. The molecule has 0 fully saturated rings. The number of thioether (sulfide) groups is 4. The minimum Gasteiger partial charge on any atom is -0.355 e. The molecular weight excluding hydrogens is 999 g/mol. The van der Waals surface area contributed by atoms with Crippen molar-refractivity contribution in [1.29, 1.82) is 0 Å². The van der Waals surface area contributed by atoms with Crippen molar-refractivity contribution >= 4 is 70.7 Å². The van der Waals surface area contributed by atoms with Crippen molar-refractivity contribution in [3.8, 4) is 0 Å². The van der Waals surface area contributed by atoms with E-state index in [1.54, 1.807) is 0 Å². The van der Waals surface area contributed by atoms with Crippen molar-refractivity contribution in [3.05, 3.63) is 0 Å². The van der Waals surface area contributed by atoms with Crippen LogP contribution >= 0.6 is 47.0 Å². The van der Waals surface area contributed by atoms with E-state index in [9.17, 15) is 19.2 Å². The molecule has 4 N–H and O–H groups in total. The molecule has 0 rings (SSSR count). The highest BCUT2D eigenvalue weighted by atomic mass is 32.2. The van der Waals surface area contributed by atoms with Gasteiger partial charge in [-0.05, 0) is 118 Å². The maximum Gasteiger partial charge on any atom is 0.221 e. The van der Waals surface area contributed by atoms with Crippen LogP contribution in [0.5, 0.6) is 0 Å². The van der Waals surface area contributed by atoms with Gasteiger partial charge in [-0.1, -0.05) is 132 Å². The van der Waals surface area contributed by atoms with Crippen LogP contribution in [0.1, 0.15) is 197 Å². The van der Waals surface area contributed by atoms with Crippen LogP contribution in [-0.2, 0) is 19.2 Å². The predicted molar refractivity (Wildman–Crippen MR) is 333 cm³/mol. The molecule has 0 aliphatic rings. The first kappa shape index (κ1) is 73.2. The Morgan fingerprint density at radius 2 is 0.595 bits per heavy atom. The summed E-state index contributed by atoms with van der Waals surface area (Å²) in [4.78, 5) is 59.0. The Morgan fingerprint density at radius 3 is 0.811 bits per heavy atom. The van der Waals surface area contributed by atoms with Gasteiger partial charge in [0, 0.05) is 101 Å². The molecule has 0 spiro atoms. The van der Waals surface area contributed by atoms with Gasteiger partial charge in [-0.3, -0.25) is 19.2 Å². The molecule has 438 valence electrons. The number of nitrogens with one attached hydrogen (secondary N) is 4. The monoisotopic (exact) mass is 1120 g/mol. The second-order valence-corrected chi connectivity index (χ2v) is 25.7. The Kier molecular flexibility index (Phi) is 53.5. The minimum absolute atomic E-state index is 0.0885. The number of unbranched alkanes of at least 4 members (excludes halogenated alkanes) is 4. The summed E-state index contributed by atoms with van der Waals surface area (Å²) in [5, 5.41) is 12.6. The van der Waals surface area contributed by atoms with Crippen LogP contribution in [0, 0.1) is 23.7 Å². The molecule has 4 amide bonds. The van der Waals surface area contributed by atoms with Crippen LogP contribution in [0.2, 0.25) is 0 Å². The van der Waals surface area contributed by atoms with Crippen LogP contribution in [0.4, 0.5) is 0 Å². The fourth-order valence-electron chi connectivity index (χ4n) is 8.95. The van der Waals surface area contributed by atoms with Gasteiger partial charge in [0.15, 0.2) is 0 Å². The molecule has 74 heavy (non-hydrogen) atoms. The normalized spacial score (nSPS) is 13.4. The van der Waals surface area contributed by atoms with Gasteiger partial charge in [-0.2, -0.15) is 47.0 Å². The Hall–Kier alpha value is -0.840. The number of hydrogen-bond acceptors (Lipinski definition) is 11. The van der Waals surface area contributed by atoms with Crippen LogP contribution in [-0.4, -0.2) is 170 Å². The van der Waals surface area contributed by atoms with E-state index < -0.39 is 0 Å². The molecule has 0 aromatic carbocycles. The summed E-state index contributed by atoms with van der Waals surface area (Å²) in [6.07, 6.45) is 23.9. The molecular formula is C59H119N7O4S4. The zero-order valence-electron chi connectivity index (χ0n) is 49.6. The van der Waals surface area contributed by atoms with Gasteiger partial charge < -0.3 is 36.0 Å². The molecule has 0 radical (unpaired) electrons. The summed E-state index contributed by atoms with van der Waals surface area (Å²) in [5.41, 5.74) is 0. The molecule has 4 unspecified atom stereocenters. The fourth-order valence-corrected chi connectivity index (χ4v) is 13.5. The van der Waals surface area contributed by atoms with Crippen molar-refractivity contribution in [2.24, 2.45) is 23.7 Å². The van der Waals surface area contributed by atoms with Crippen molar-refractivity contribution in [1.82, 2.24) is 36.0 Å². The summed E-state index contributed by atoms with van der Waals surface area (Å²) in [7, 11) is 2.17. The molecule has 0 saturated carbocycles. The Balaban J connectivity index is 5.26. The Labute approximate surface area is 475 Å². The fraction of sp³-hybridized carbons (Fsp3) is 0.932. The van der Waals surface area contributed by atoms with Gasteiger partial charge in [0.05, 0.1) is 0 Å². The number of carbonyl (C=O) groups excluding carboxylic acids is 4. The third-order valence-corrected chi connectivity index (χ3v) is 19.3.